The summed E-state index contributed by atoms with van der Waals surface area (Å²) in [6.45, 7) is 4.80. The van der Waals surface area contributed by atoms with Crippen molar-refractivity contribution < 1.29 is 5.11 Å². The van der Waals surface area contributed by atoms with Gasteiger partial charge in [0.1, 0.15) is 0 Å². The lowest BCUT2D eigenvalue weighted by Crippen LogP contribution is -2.24. The van der Waals surface area contributed by atoms with Crippen molar-refractivity contribution in [1.82, 2.24) is 20.1 Å². The third-order valence-electron chi connectivity index (χ3n) is 3.99. The molecule has 0 saturated heterocycles. The van der Waals surface area contributed by atoms with Gasteiger partial charge in [-0.1, -0.05) is 23.7 Å². The van der Waals surface area contributed by atoms with Crippen LogP contribution in [0, 0.1) is 0 Å². The van der Waals surface area contributed by atoms with E-state index in [4.69, 9.17) is 11.6 Å². The Balaban J connectivity index is 1.73. The molecule has 2 aromatic heterocycles. The van der Waals surface area contributed by atoms with Crippen molar-refractivity contribution in [2.75, 3.05) is 6.61 Å². The predicted molar refractivity (Wildman–Crippen MR) is 96.0 cm³/mol. The normalized spacial score (nSPS) is 12.9. The molecule has 0 aliphatic rings. The lowest BCUT2D eigenvalue weighted by atomic mass is 10.1. The maximum atomic E-state index is 9.64. The lowest BCUT2D eigenvalue weighted by Gasteiger charge is -2.17. The molecule has 2 N–H and O–H groups in total. The van der Waals surface area contributed by atoms with Gasteiger partial charge in [-0.3, -0.25) is 0 Å². The quantitative estimate of drug-likeness (QED) is 0.718. The highest BCUT2D eigenvalue weighted by Gasteiger charge is 2.11. The van der Waals surface area contributed by atoms with Crippen molar-refractivity contribution in [3.8, 4) is 0 Å². The molecule has 0 saturated carbocycles. The molecule has 1 atom stereocenters. The summed E-state index contributed by atoms with van der Waals surface area (Å²) in [5.74, 6) is 0. The average molecular weight is 345 g/mol. The second kappa shape index (κ2) is 7.30. The maximum Gasteiger partial charge on any atom is 0.157 e. The number of pyridine rings is 1. The average Bonchev–Trinajstić information content (AvgIpc) is 3.00. The number of aliphatic hydroxyl groups excluding tert-OH is 1. The molecular formula is C18H21ClN4O. The van der Waals surface area contributed by atoms with Crippen LogP contribution in [0.2, 0.25) is 5.02 Å². The van der Waals surface area contributed by atoms with Gasteiger partial charge in [-0.2, -0.15) is 5.10 Å². The first kappa shape index (κ1) is 16.9. The first-order valence-corrected chi connectivity index (χ1v) is 8.38. The molecule has 2 heterocycles. The topological polar surface area (TPSA) is 63.0 Å². The van der Waals surface area contributed by atoms with Crippen molar-refractivity contribution in [3.05, 3.63) is 58.9 Å². The van der Waals surface area contributed by atoms with Crippen LogP contribution in [-0.4, -0.2) is 26.5 Å². The molecule has 5 nitrogen and oxygen atoms in total. The molecule has 0 spiro atoms. The summed E-state index contributed by atoms with van der Waals surface area (Å²) >= 11 is 5.91. The van der Waals surface area contributed by atoms with Crippen LogP contribution in [0.5, 0.6) is 0 Å². The summed E-state index contributed by atoms with van der Waals surface area (Å²) in [6, 6.07) is 9.72. The summed E-state index contributed by atoms with van der Waals surface area (Å²) in [5, 5.41) is 19.1. The van der Waals surface area contributed by atoms with E-state index in [2.05, 4.69) is 35.3 Å². The Bertz CT molecular complexity index is 814. The molecule has 3 rings (SSSR count). The van der Waals surface area contributed by atoms with Crippen LogP contribution in [-0.2, 0) is 6.54 Å². The number of rotatable bonds is 6. The smallest absolute Gasteiger partial charge is 0.157 e. The summed E-state index contributed by atoms with van der Waals surface area (Å²) in [7, 11) is 0. The highest BCUT2D eigenvalue weighted by Crippen LogP contribution is 2.19. The molecule has 0 aliphatic heterocycles. The third kappa shape index (κ3) is 3.59. The van der Waals surface area contributed by atoms with Gasteiger partial charge < -0.3 is 10.4 Å². The number of nitrogens with one attached hydrogen (secondary N) is 1. The standard InChI is InChI=1S/C18H21ClN4O/c1-12(2)23-18-15(10-22-23)7-13(9-21-18)8-20-17(11-24)14-3-5-16(19)6-4-14/h3-7,9-10,12,17,20,24H,8,11H2,1-2H3. The SMILES string of the molecule is CC(C)n1ncc2cc(CNC(CO)c3ccc(Cl)cc3)cnc21. The minimum Gasteiger partial charge on any atom is -0.394 e. The Morgan fingerprint density at radius 1 is 1.21 bits per heavy atom. The summed E-state index contributed by atoms with van der Waals surface area (Å²) in [4.78, 5) is 4.53. The van der Waals surface area contributed by atoms with Gasteiger partial charge in [-0.25, -0.2) is 9.67 Å². The number of halogens is 1. The molecule has 0 fully saturated rings. The van der Waals surface area contributed by atoms with Gasteiger partial charge in [0, 0.05) is 29.2 Å². The van der Waals surface area contributed by atoms with Crippen LogP contribution >= 0.6 is 11.6 Å². The number of fused-ring (bicyclic) bond motifs is 1. The Morgan fingerprint density at radius 3 is 2.62 bits per heavy atom. The van der Waals surface area contributed by atoms with E-state index < -0.39 is 0 Å². The molecule has 3 aromatic rings. The van der Waals surface area contributed by atoms with Crippen molar-refractivity contribution in [2.24, 2.45) is 0 Å². The Kier molecular flexibility index (Phi) is 5.14. The minimum atomic E-state index is -0.142. The van der Waals surface area contributed by atoms with Gasteiger partial charge in [0.05, 0.1) is 18.8 Å². The highest BCUT2D eigenvalue weighted by atomic mass is 35.5. The molecule has 6 heteroatoms. The number of nitrogens with zero attached hydrogens (tertiary/aromatic N) is 3. The van der Waals surface area contributed by atoms with Crippen LogP contribution < -0.4 is 5.32 Å². The van der Waals surface area contributed by atoms with E-state index in [1.54, 1.807) is 0 Å². The van der Waals surface area contributed by atoms with Crippen LogP contribution in [0.3, 0.4) is 0 Å². The predicted octanol–water partition coefficient (Wildman–Crippen LogP) is 3.49. The zero-order valence-corrected chi connectivity index (χ0v) is 14.5. The molecule has 1 aromatic carbocycles. The first-order valence-electron chi connectivity index (χ1n) is 8.00. The van der Waals surface area contributed by atoms with Gasteiger partial charge in [-0.15, -0.1) is 0 Å². The molecule has 0 aliphatic carbocycles. The van der Waals surface area contributed by atoms with E-state index >= 15 is 0 Å². The minimum absolute atomic E-state index is 0.0165. The Hall–Kier alpha value is -1.95. The van der Waals surface area contributed by atoms with E-state index in [9.17, 15) is 5.11 Å². The van der Waals surface area contributed by atoms with Gasteiger partial charge in [0.15, 0.2) is 5.65 Å². The number of benzene rings is 1. The van der Waals surface area contributed by atoms with E-state index in [0.717, 1.165) is 22.2 Å². The number of hydrogen-bond acceptors (Lipinski definition) is 4. The second-order valence-corrected chi connectivity index (χ2v) is 6.54. The number of aliphatic hydroxyl groups is 1. The van der Waals surface area contributed by atoms with Crippen LogP contribution in [0.1, 0.15) is 37.1 Å². The Morgan fingerprint density at radius 2 is 1.96 bits per heavy atom. The van der Waals surface area contributed by atoms with E-state index in [-0.39, 0.29) is 18.7 Å². The molecule has 0 amide bonds. The van der Waals surface area contributed by atoms with Crippen LogP contribution in [0.25, 0.3) is 11.0 Å². The molecule has 126 valence electrons. The summed E-state index contributed by atoms with van der Waals surface area (Å²) in [5.41, 5.74) is 2.95. The largest absolute Gasteiger partial charge is 0.394 e. The van der Waals surface area contributed by atoms with Crippen molar-refractivity contribution in [2.45, 2.75) is 32.5 Å². The fraction of sp³-hybridized carbons (Fsp3) is 0.333. The van der Waals surface area contributed by atoms with Gasteiger partial charge in [0.2, 0.25) is 0 Å². The number of aromatic nitrogens is 3. The summed E-state index contributed by atoms with van der Waals surface area (Å²) in [6.07, 6.45) is 3.70. The monoisotopic (exact) mass is 344 g/mol. The zero-order chi connectivity index (χ0) is 17.1. The fourth-order valence-electron chi connectivity index (χ4n) is 2.68. The van der Waals surface area contributed by atoms with E-state index in [0.29, 0.717) is 11.6 Å². The molecule has 1 unspecified atom stereocenters. The Labute approximate surface area is 146 Å². The maximum absolute atomic E-state index is 9.64. The van der Waals surface area contributed by atoms with Crippen LogP contribution in [0.15, 0.2) is 42.7 Å². The van der Waals surface area contributed by atoms with Crippen molar-refractivity contribution in [1.29, 1.82) is 0 Å². The van der Waals surface area contributed by atoms with E-state index in [1.165, 1.54) is 0 Å². The second-order valence-electron chi connectivity index (χ2n) is 6.11. The van der Waals surface area contributed by atoms with Gasteiger partial charge >= 0.3 is 0 Å². The third-order valence-corrected chi connectivity index (χ3v) is 4.24. The summed E-state index contributed by atoms with van der Waals surface area (Å²) < 4.78 is 1.91. The molecule has 24 heavy (non-hydrogen) atoms. The molecule has 0 radical (unpaired) electrons. The van der Waals surface area contributed by atoms with E-state index in [1.807, 2.05) is 41.3 Å². The zero-order valence-electron chi connectivity index (χ0n) is 13.8. The van der Waals surface area contributed by atoms with Crippen LogP contribution in [0.4, 0.5) is 0 Å². The van der Waals surface area contributed by atoms with Crippen molar-refractivity contribution >= 4 is 22.6 Å². The van der Waals surface area contributed by atoms with Crippen molar-refractivity contribution in [3.63, 3.8) is 0 Å². The van der Waals surface area contributed by atoms with Gasteiger partial charge in [-0.05, 0) is 43.2 Å². The number of hydrogen-bond donors (Lipinski definition) is 2. The fourth-order valence-corrected chi connectivity index (χ4v) is 2.81. The first-order chi connectivity index (χ1) is 11.6. The lowest BCUT2D eigenvalue weighted by molar-refractivity contribution is 0.243. The molecular weight excluding hydrogens is 324 g/mol. The van der Waals surface area contributed by atoms with Gasteiger partial charge in [0.25, 0.3) is 0 Å². The molecule has 0 bridgehead atoms. The highest BCUT2D eigenvalue weighted by molar-refractivity contribution is 6.30.